The van der Waals surface area contributed by atoms with Crippen molar-refractivity contribution in [2.45, 2.75) is 19.9 Å². The van der Waals surface area contributed by atoms with Crippen molar-refractivity contribution >= 4 is 39.6 Å². The van der Waals surface area contributed by atoms with Crippen LogP contribution < -0.4 is 5.32 Å². The second-order valence-electron chi connectivity index (χ2n) is 7.03. The van der Waals surface area contributed by atoms with Crippen molar-refractivity contribution in [1.29, 1.82) is 0 Å². The number of carbonyl (C=O) groups excluding carboxylic acids is 1. The molecule has 146 valence electrons. The van der Waals surface area contributed by atoms with Crippen molar-refractivity contribution in [3.8, 4) is 11.4 Å². The van der Waals surface area contributed by atoms with Crippen LogP contribution >= 0.6 is 22.9 Å². The second-order valence-corrected chi connectivity index (χ2v) is 8.53. The van der Waals surface area contributed by atoms with Crippen LogP contribution in [-0.4, -0.2) is 32.1 Å². The first-order valence-electron chi connectivity index (χ1n) is 9.33. The average molecular weight is 424 g/mol. The number of rotatable bonds is 2. The number of aryl methyl sites for hydroxylation is 1. The first-order chi connectivity index (χ1) is 14.1. The van der Waals surface area contributed by atoms with E-state index in [4.69, 9.17) is 16.7 Å². The first-order valence-corrected chi connectivity index (χ1v) is 10.5. The summed E-state index contributed by atoms with van der Waals surface area (Å²) >= 11 is 7.66. The quantitative estimate of drug-likeness (QED) is 0.493. The number of urea groups is 1. The van der Waals surface area contributed by atoms with Crippen molar-refractivity contribution in [1.82, 2.24) is 19.5 Å². The van der Waals surface area contributed by atoms with Gasteiger partial charge in [0.05, 0.1) is 12.2 Å². The highest BCUT2D eigenvalue weighted by Crippen LogP contribution is 2.30. The highest BCUT2D eigenvalue weighted by atomic mass is 35.5. The summed E-state index contributed by atoms with van der Waals surface area (Å²) in [5.74, 6) is 0.733. The van der Waals surface area contributed by atoms with Gasteiger partial charge < -0.3 is 10.2 Å². The molecule has 1 aliphatic rings. The highest BCUT2D eigenvalue weighted by Gasteiger charge is 2.26. The van der Waals surface area contributed by atoms with Gasteiger partial charge in [-0.15, -0.1) is 5.10 Å². The van der Waals surface area contributed by atoms with E-state index in [1.165, 1.54) is 0 Å². The Morgan fingerprint density at radius 3 is 2.86 bits per heavy atom. The smallest absolute Gasteiger partial charge is 0.319 e. The van der Waals surface area contributed by atoms with Gasteiger partial charge in [0.2, 0.25) is 4.96 Å². The van der Waals surface area contributed by atoms with E-state index < -0.39 is 0 Å². The van der Waals surface area contributed by atoms with E-state index in [1.807, 2.05) is 58.8 Å². The van der Waals surface area contributed by atoms with Gasteiger partial charge in [-0.05, 0) is 24.6 Å². The predicted molar refractivity (Wildman–Crippen MR) is 116 cm³/mol. The molecule has 0 aliphatic carbocycles. The Labute approximate surface area is 176 Å². The lowest BCUT2D eigenvalue weighted by atomic mass is 10.2. The SMILES string of the molecule is Cc1ccc(Cl)cc1NC(=O)N1CCc2c(sc3nc(-c4ccccc4)nn23)C1. The minimum Gasteiger partial charge on any atom is -0.319 e. The van der Waals surface area contributed by atoms with E-state index in [1.54, 1.807) is 17.4 Å². The van der Waals surface area contributed by atoms with Crippen molar-refractivity contribution in [2.24, 2.45) is 0 Å². The maximum atomic E-state index is 12.8. The largest absolute Gasteiger partial charge is 0.322 e. The summed E-state index contributed by atoms with van der Waals surface area (Å²) in [6, 6.07) is 15.3. The van der Waals surface area contributed by atoms with Crippen molar-refractivity contribution in [2.75, 3.05) is 11.9 Å². The van der Waals surface area contributed by atoms with Gasteiger partial charge in [-0.3, -0.25) is 0 Å². The molecule has 1 N–H and O–H groups in total. The number of nitrogens with one attached hydrogen (secondary N) is 1. The van der Waals surface area contributed by atoms with E-state index in [0.29, 0.717) is 18.1 Å². The molecule has 0 spiro atoms. The number of anilines is 1. The molecule has 2 aromatic carbocycles. The highest BCUT2D eigenvalue weighted by molar-refractivity contribution is 7.17. The third-order valence-electron chi connectivity index (χ3n) is 5.08. The third-order valence-corrected chi connectivity index (χ3v) is 6.38. The molecule has 8 heteroatoms. The molecule has 0 radical (unpaired) electrons. The summed E-state index contributed by atoms with van der Waals surface area (Å²) in [5.41, 5.74) is 3.87. The molecule has 4 aromatic rings. The van der Waals surface area contributed by atoms with E-state index in [9.17, 15) is 4.79 Å². The number of thiazole rings is 1. The van der Waals surface area contributed by atoms with Gasteiger partial charge in [0.25, 0.3) is 0 Å². The van der Waals surface area contributed by atoms with E-state index in [0.717, 1.165) is 44.6 Å². The number of carbonyl (C=O) groups is 1. The van der Waals surface area contributed by atoms with E-state index >= 15 is 0 Å². The number of fused-ring (bicyclic) bond motifs is 3. The molecule has 0 fully saturated rings. The van der Waals surface area contributed by atoms with Crippen LogP contribution in [0.4, 0.5) is 10.5 Å². The number of hydrogen-bond acceptors (Lipinski definition) is 4. The summed E-state index contributed by atoms with van der Waals surface area (Å²) in [4.78, 5) is 21.3. The summed E-state index contributed by atoms with van der Waals surface area (Å²) < 4.78 is 1.93. The van der Waals surface area contributed by atoms with Crippen molar-refractivity contribution < 1.29 is 4.79 Å². The number of halogens is 1. The normalized spacial score (nSPS) is 13.5. The second kappa shape index (κ2) is 7.17. The molecule has 0 unspecified atom stereocenters. The van der Waals surface area contributed by atoms with Crippen LogP contribution in [0.3, 0.4) is 0 Å². The Kier molecular flexibility index (Phi) is 4.49. The fraction of sp³-hybridized carbons (Fsp3) is 0.190. The van der Waals surface area contributed by atoms with Crippen LogP contribution in [0.1, 0.15) is 16.1 Å². The predicted octanol–water partition coefficient (Wildman–Crippen LogP) is 5.01. The molecule has 0 bridgehead atoms. The molecule has 2 amide bonds. The molecule has 2 aromatic heterocycles. The summed E-state index contributed by atoms with van der Waals surface area (Å²) in [6.07, 6.45) is 0.745. The molecule has 0 saturated carbocycles. The number of hydrogen-bond donors (Lipinski definition) is 1. The van der Waals surface area contributed by atoms with Crippen molar-refractivity contribution in [3.63, 3.8) is 0 Å². The van der Waals surface area contributed by atoms with Crippen LogP contribution in [0.2, 0.25) is 5.02 Å². The van der Waals surface area contributed by atoms with Crippen LogP contribution in [-0.2, 0) is 13.0 Å². The van der Waals surface area contributed by atoms with Gasteiger partial charge in [-0.2, -0.15) is 4.98 Å². The van der Waals surface area contributed by atoms with Gasteiger partial charge in [-0.25, -0.2) is 9.31 Å². The van der Waals surface area contributed by atoms with Crippen molar-refractivity contribution in [3.05, 3.63) is 69.7 Å². The maximum Gasteiger partial charge on any atom is 0.322 e. The fourth-order valence-corrected chi connectivity index (χ4v) is 4.78. The summed E-state index contributed by atoms with van der Waals surface area (Å²) in [5, 5.41) is 8.28. The topological polar surface area (TPSA) is 62.5 Å². The molecule has 1 aliphatic heterocycles. The monoisotopic (exact) mass is 423 g/mol. The molecule has 3 heterocycles. The minimum absolute atomic E-state index is 0.120. The zero-order valence-corrected chi connectivity index (χ0v) is 17.3. The number of nitrogens with zero attached hydrogens (tertiary/aromatic N) is 4. The Morgan fingerprint density at radius 1 is 1.21 bits per heavy atom. The van der Waals surface area contributed by atoms with Gasteiger partial charge in [0.15, 0.2) is 5.82 Å². The van der Waals surface area contributed by atoms with E-state index in [2.05, 4.69) is 10.3 Å². The first kappa shape index (κ1) is 18.1. The Hall–Kier alpha value is -2.90. The lowest BCUT2D eigenvalue weighted by Gasteiger charge is -2.27. The summed E-state index contributed by atoms with van der Waals surface area (Å²) in [6.45, 7) is 3.13. The molecular formula is C21H18ClN5OS. The van der Waals surface area contributed by atoms with Gasteiger partial charge in [0.1, 0.15) is 0 Å². The summed E-state index contributed by atoms with van der Waals surface area (Å²) in [7, 11) is 0. The zero-order chi connectivity index (χ0) is 20.0. The van der Waals surface area contributed by atoms with Crippen LogP contribution in [0.15, 0.2) is 48.5 Å². The Balaban J connectivity index is 1.37. The third kappa shape index (κ3) is 3.36. The number of aromatic nitrogens is 3. The molecule has 0 atom stereocenters. The zero-order valence-electron chi connectivity index (χ0n) is 15.7. The minimum atomic E-state index is -0.120. The molecule has 29 heavy (non-hydrogen) atoms. The van der Waals surface area contributed by atoms with Crippen LogP contribution in [0.5, 0.6) is 0 Å². The van der Waals surface area contributed by atoms with Gasteiger partial charge in [0, 0.05) is 34.1 Å². The lowest BCUT2D eigenvalue weighted by Crippen LogP contribution is -2.38. The molecule has 5 rings (SSSR count). The Morgan fingerprint density at radius 2 is 2.03 bits per heavy atom. The number of amides is 2. The molecule has 6 nitrogen and oxygen atoms in total. The van der Waals surface area contributed by atoms with Crippen LogP contribution in [0.25, 0.3) is 16.3 Å². The van der Waals surface area contributed by atoms with E-state index in [-0.39, 0.29) is 6.03 Å². The van der Waals surface area contributed by atoms with Gasteiger partial charge in [-0.1, -0.05) is 59.3 Å². The average Bonchev–Trinajstić information content (AvgIpc) is 3.29. The lowest BCUT2D eigenvalue weighted by molar-refractivity contribution is 0.206. The standard InChI is InChI=1S/C21H18ClN5OS/c1-13-7-8-15(22)11-16(13)23-20(28)26-10-9-17-18(12-26)29-21-24-19(25-27(17)21)14-5-3-2-4-6-14/h2-8,11H,9-10,12H2,1H3,(H,23,28). The Bertz CT molecular complexity index is 1220. The number of benzene rings is 2. The molecular weight excluding hydrogens is 406 g/mol. The van der Waals surface area contributed by atoms with Gasteiger partial charge >= 0.3 is 6.03 Å². The fourth-order valence-electron chi connectivity index (χ4n) is 3.50. The molecule has 0 saturated heterocycles. The van der Waals surface area contributed by atoms with Crippen LogP contribution in [0, 0.1) is 6.92 Å². The maximum absolute atomic E-state index is 12.8.